The summed E-state index contributed by atoms with van der Waals surface area (Å²) in [5, 5.41) is 24.0. The van der Waals surface area contributed by atoms with Gasteiger partial charge in [0.25, 0.3) is 0 Å². The number of morpholine rings is 1. The zero-order valence-corrected chi connectivity index (χ0v) is 19.5. The Labute approximate surface area is 190 Å². The first-order valence-electron chi connectivity index (χ1n) is 11.8. The molecule has 1 atom stereocenters. The largest absolute Gasteiger partial charge is 0.465 e. The number of carbonyl (C=O) groups is 2. The molecule has 0 aromatic heterocycles. The predicted molar refractivity (Wildman–Crippen MR) is 120 cm³/mol. The van der Waals surface area contributed by atoms with Crippen molar-refractivity contribution in [3.63, 3.8) is 0 Å². The van der Waals surface area contributed by atoms with Crippen LogP contribution >= 0.6 is 0 Å². The van der Waals surface area contributed by atoms with Crippen molar-refractivity contribution in [2.75, 3.05) is 26.3 Å². The fourth-order valence-corrected chi connectivity index (χ4v) is 4.60. The van der Waals surface area contributed by atoms with Crippen molar-refractivity contribution in [1.29, 1.82) is 5.26 Å². The second kappa shape index (κ2) is 10.1. The van der Waals surface area contributed by atoms with Gasteiger partial charge in [-0.3, -0.25) is 10.1 Å². The van der Waals surface area contributed by atoms with Gasteiger partial charge in [-0.2, -0.15) is 5.26 Å². The molecule has 0 spiro atoms. The van der Waals surface area contributed by atoms with Crippen molar-refractivity contribution in [2.24, 2.45) is 22.2 Å². The molecule has 2 amide bonds. The Morgan fingerprint density at radius 3 is 2.34 bits per heavy atom. The van der Waals surface area contributed by atoms with Crippen molar-refractivity contribution in [3.8, 4) is 6.07 Å². The standard InChI is InChI=1S/C23H37N5O4/c1-16(2)22(3)6-4-17(5-7-22)14-18(19(29)27-23(15-24)8-9-23)25-20(26-21(30)31)28-10-12-32-13-11-28/h16-18H,4-14H2,1-3H3,(H,25,26)(H,27,29)(H,30,31). The van der Waals surface area contributed by atoms with E-state index in [1.165, 1.54) is 0 Å². The van der Waals surface area contributed by atoms with Crippen LogP contribution < -0.4 is 10.6 Å². The van der Waals surface area contributed by atoms with Crippen LogP contribution in [0, 0.1) is 28.6 Å². The highest BCUT2D eigenvalue weighted by Gasteiger charge is 2.46. The summed E-state index contributed by atoms with van der Waals surface area (Å²) in [5.41, 5.74) is -0.465. The molecule has 32 heavy (non-hydrogen) atoms. The zero-order chi connectivity index (χ0) is 23.4. The zero-order valence-electron chi connectivity index (χ0n) is 19.5. The summed E-state index contributed by atoms with van der Waals surface area (Å²) in [6.07, 6.45) is 4.90. The Morgan fingerprint density at radius 2 is 1.84 bits per heavy atom. The second-order valence-corrected chi connectivity index (χ2v) is 10.2. The molecule has 1 unspecified atom stereocenters. The SMILES string of the molecule is CC(C)C1(C)CCC(CC(N=C(NC(=O)O)N2CCOCC2)C(=O)NC2(C#N)CC2)CC1. The van der Waals surface area contributed by atoms with E-state index in [0.29, 0.717) is 62.8 Å². The molecule has 3 N–H and O–H groups in total. The highest BCUT2D eigenvalue weighted by Crippen LogP contribution is 2.45. The summed E-state index contributed by atoms with van der Waals surface area (Å²) < 4.78 is 5.37. The van der Waals surface area contributed by atoms with Gasteiger partial charge in [-0.15, -0.1) is 0 Å². The summed E-state index contributed by atoms with van der Waals surface area (Å²) in [5.74, 6) is 0.845. The van der Waals surface area contributed by atoms with Crippen LogP contribution in [0.25, 0.3) is 0 Å². The quantitative estimate of drug-likeness (QED) is 0.424. The van der Waals surface area contributed by atoms with Gasteiger partial charge in [-0.1, -0.05) is 20.8 Å². The van der Waals surface area contributed by atoms with E-state index in [-0.39, 0.29) is 11.9 Å². The molecule has 3 aliphatic rings. The van der Waals surface area contributed by atoms with Crippen LogP contribution in [0.1, 0.15) is 65.7 Å². The van der Waals surface area contributed by atoms with E-state index in [9.17, 15) is 20.0 Å². The Balaban J connectivity index is 1.77. The number of nitriles is 1. The first-order chi connectivity index (χ1) is 15.2. The van der Waals surface area contributed by atoms with Crippen molar-refractivity contribution in [3.05, 3.63) is 0 Å². The van der Waals surface area contributed by atoms with E-state index in [2.05, 4.69) is 42.5 Å². The molecule has 0 bridgehead atoms. The molecule has 1 aliphatic heterocycles. The maximum Gasteiger partial charge on any atom is 0.411 e. The van der Waals surface area contributed by atoms with Gasteiger partial charge in [-0.25, -0.2) is 9.79 Å². The summed E-state index contributed by atoms with van der Waals surface area (Å²) in [4.78, 5) is 31.0. The number of carboxylic acid groups (broad SMARTS) is 1. The van der Waals surface area contributed by atoms with Crippen LogP contribution in [0.15, 0.2) is 4.99 Å². The number of guanidine groups is 1. The third-order valence-electron chi connectivity index (χ3n) is 7.63. The van der Waals surface area contributed by atoms with Gasteiger partial charge >= 0.3 is 6.09 Å². The summed E-state index contributed by atoms with van der Waals surface area (Å²) in [6, 6.07) is 1.46. The van der Waals surface area contributed by atoms with E-state index in [0.717, 1.165) is 25.7 Å². The lowest BCUT2D eigenvalue weighted by molar-refractivity contribution is -0.123. The van der Waals surface area contributed by atoms with Crippen LogP contribution in [-0.2, 0) is 9.53 Å². The highest BCUT2D eigenvalue weighted by molar-refractivity contribution is 5.95. The lowest BCUT2D eigenvalue weighted by Crippen LogP contribution is -2.50. The van der Waals surface area contributed by atoms with Crippen LogP contribution in [-0.4, -0.2) is 65.9 Å². The van der Waals surface area contributed by atoms with E-state index in [1.54, 1.807) is 0 Å². The molecule has 2 saturated carbocycles. The summed E-state index contributed by atoms with van der Waals surface area (Å²) >= 11 is 0. The Morgan fingerprint density at radius 1 is 1.22 bits per heavy atom. The number of rotatable bonds is 6. The molecule has 1 saturated heterocycles. The van der Waals surface area contributed by atoms with Crippen molar-refractivity contribution >= 4 is 18.0 Å². The van der Waals surface area contributed by atoms with Gasteiger partial charge in [0.15, 0.2) is 0 Å². The number of nitrogens with one attached hydrogen (secondary N) is 2. The molecular formula is C23H37N5O4. The molecule has 9 nitrogen and oxygen atoms in total. The minimum Gasteiger partial charge on any atom is -0.465 e. The molecule has 1 heterocycles. The molecule has 9 heteroatoms. The molecule has 0 aromatic carbocycles. The predicted octanol–water partition coefficient (Wildman–Crippen LogP) is 2.73. The summed E-state index contributed by atoms with van der Waals surface area (Å²) in [7, 11) is 0. The average Bonchev–Trinajstić information content (AvgIpc) is 3.54. The molecule has 2 aliphatic carbocycles. The monoisotopic (exact) mass is 447 g/mol. The van der Waals surface area contributed by atoms with Gasteiger partial charge in [0.2, 0.25) is 11.9 Å². The number of hydrogen-bond acceptors (Lipinski definition) is 5. The fraction of sp³-hybridized carbons (Fsp3) is 0.826. The highest BCUT2D eigenvalue weighted by atomic mass is 16.5. The normalized spacial score (nSPS) is 28.5. The van der Waals surface area contributed by atoms with Crippen LogP contribution in [0.3, 0.4) is 0 Å². The molecule has 0 radical (unpaired) electrons. The van der Waals surface area contributed by atoms with E-state index in [1.807, 2.05) is 4.90 Å². The van der Waals surface area contributed by atoms with Crippen LogP contribution in [0.5, 0.6) is 0 Å². The molecule has 178 valence electrons. The van der Waals surface area contributed by atoms with Crippen molar-refractivity contribution in [2.45, 2.75) is 77.3 Å². The number of hydrogen-bond donors (Lipinski definition) is 3. The minimum atomic E-state index is -1.21. The van der Waals surface area contributed by atoms with Gasteiger partial charge in [0.1, 0.15) is 11.6 Å². The number of ether oxygens (including phenoxy) is 1. The van der Waals surface area contributed by atoms with Gasteiger partial charge < -0.3 is 20.1 Å². The number of amides is 2. The molecule has 3 rings (SSSR count). The smallest absolute Gasteiger partial charge is 0.411 e. The van der Waals surface area contributed by atoms with E-state index < -0.39 is 17.7 Å². The molecule has 3 fully saturated rings. The fourth-order valence-electron chi connectivity index (χ4n) is 4.60. The first kappa shape index (κ1) is 24.3. The minimum absolute atomic E-state index is 0.186. The topological polar surface area (TPSA) is 127 Å². The van der Waals surface area contributed by atoms with Crippen molar-refractivity contribution < 1.29 is 19.4 Å². The lowest BCUT2D eigenvalue weighted by Gasteiger charge is -2.41. The van der Waals surface area contributed by atoms with Gasteiger partial charge in [-0.05, 0) is 62.2 Å². The second-order valence-electron chi connectivity index (χ2n) is 10.2. The number of nitrogens with zero attached hydrogens (tertiary/aromatic N) is 3. The van der Waals surface area contributed by atoms with E-state index in [4.69, 9.17) is 4.74 Å². The third-order valence-corrected chi connectivity index (χ3v) is 7.63. The number of carbonyl (C=O) groups excluding carboxylic acids is 1. The van der Waals surface area contributed by atoms with Gasteiger partial charge in [0.05, 0.1) is 19.3 Å². The lowest BCUT2D eigenvalue weighted by atomic mass is 9.65. The Hall–Kier alpha value is -2.34. The maximum atomic E-state index is 13.2. The van der Waals surface area contributed by atoms with Gasteiger partial charge in [0, 0.05) is 13.1 Å². The first-order valence-corrected chi connectivity index (χ1v) is 11.8. The maximum absolute atomic E-state index is 13.2. The van der Waals surface area contributed by atoms with Crippen LogP contribution in [0.4, 0.5) is 4.79 Å². The number of aliphatic imine (C=N–C) groups is 1. The van der Waals surface area contributed by atoms with Crippen LogP contribution in [0.2, 0.25) is 0 Å². The molecular weight excluding hydrogens is 410 g/mol. The Kier molecular flexibility index (Phi) is 7.65. The van der Waals surface area contributed by atoms with E-state index >= 15 is 0 Å². The molecule has 0 aromatic rings. The van der Waals surface area contributed by atoms with Crippen molar-refractivity contribution in [1.82, 2.24) is 15.5 Å². The average molecular weight is 448 g/mol. The Bertz CT molecular complexity index is 757. The summed E-state index contributed by atoms with van der Waals surface area (Å²) in [6.45, 7) is 8.84. The third kappa shape index (κ3) is 6.12.